The van der Waals surface area contributed by atoms with E-state index in [-0.39, 0.29) is 37.7 Å². The van der Waals surface area contributed by atoms with E-state index in [0.29, 0.717) is 36.1 Å². The predicted molar refractivity (Wildman–Crippen MR) is 136 cm³/mol. The number of benzene rings is 2. The third-order valence-electron chi connectivity index (χ3n) is 5.87. The van der Waals surface area contributed by atoms with Crippen molar-refractivity contribution in [3.05, 3.63) is 48.0 Å². The van der Waals surface area contributed by atoms with Crippen molar-refractivity contribution in [1.82, 2.24) is 10.2 Å². The molecule has 0 radical (unpaired) electrons. The van der Waals surface area contributed by atoms with Gasteiger partial charge in [0.15, 0.2) is 11.5 Å². The van der Waals surface area contributed by atoms with Crippen molar-refractivity contribution in [1.29, 1.82) is 0 Å². The summed E-state index contributed by atoms with van der Waals surface area (Å²) < 4.78 is 42.7. The lowest BCUT2D eigenvalue weighted by Gasteiger charge is -2.29. The Kier molecular flexibility index (Phi) is 9.03. The number of carbonyl (C=O) groups is 2. The molecule has 1 aliphatic rings. The molecule has 2 amide bonds. The first-order chi connectivity index (χ1) is 17.1. The Morgan fingerprint density at radius 3 is 2.50 bits per heavy atom. The molecule has 36 heavy (non-hydrogen) atoms. The molecule has 10 nitrogen and oxygen atoms in total. The first-order valence-corrected chi connectivity index (χ1v) is 13.5. The summed E-state index contributed by atoms with van der Waals surface area (Å²) in [5.41, 5.74) is 1.24. The predicted octanol–water partition coefficient (Wildman–Crippen LogP) is 2.18. The first-order valence-electron chi connectivity index (χ1n) is 11.7. The van der Waals surface area contributed by atoms with Crippen molar-refractivity contribution in [2.75, 3.05) is 44.5 Å². The van der Waals surface area contributed by atoms with Crippen LogP contribution in [-0.2, 0) is 26.2 Å². The largest absolute Gasteiger partial charge is 0.497 e. The average Bonchev–Trinajstić information content (AvgIpc) is 2.87. The van der Waals surface area contributed by atoms with Crippen LogP contribution in [0, 0.1) is 0 Å². The Morgan fingerprint density at radius 2 is 1.83 bits per heavy atom. The number of amides is 2. The van der Waals surface area contributed by atoms with E-state index in [4.69, 9.17) is 14.2 Å². The standard InChI is InChI=1S/C25H33N3O7S/c1-18(25(30)26-2)27(17-19-7-5-8-21(15-19)33-3)24(29)9-6-12-28(36(4,31)32)20-10-11-22-23(16-20)35-14-13-34-22/h5,7-8,10-11,15-16,18H,6,9,12-14,17H2,1-4H3,(H,26,30)/t18-/m1/s1. The molecule has 0 bridgehead atoms. The molecule has 0 saturated carbocycles. The molecule has 0 fully saturated rings. The first kappa shape index (κ1) is 27.1. The van der Waals surface area contributed by atoms with Gasteiger partial charge in [0.25, 0.3) is 0 Å². The maximum Gasteiger partial charge on any atom is 0.242 e. The van der Waals surface area contributed by atoms with Crippen molar-refractivity contribution in [3.63, 3.8) is 0 Å². The molecule has 196 valence electrons. The van der Waals surface area contributed by atoms with Gasteiger partial charge < -0.3 is 24.4 Å². The van der Waals surface area contributed by atoms with Crippen LogP contribution in [0.15, 0.2) is 42.5 Å². The van der Waals surface area contributed by atoms with E-state index in [1.54, 1.807) is 38.3 Å². The topological polar surface area (TPSA) is 114 Å². The zero-order valence-electron chi connectivity index (χ0n) is 21.0. The molecule has 0 aromatic heterocycles. The molecular formula is C25H33N3O7S. The van der Waals surface area contributed by atoms with Crippen LogP contribution in [0.1, 0.15) is 25.3 Å². The lowest BCUT2D eigenvalue weighted by molar-refractivity contribution is -0.140. The maximum atomic E-state index is 13.2. The maximum absolute atomic E-state index is 13.2. The molecule has 2 aromatic carbocycles. The number of nitrogens with zero attached hydrogens (tertiary/aromatic N) is 2. The molecular weight excluding hydrogens is 486 g/mol. The highest BCUT2D eigenvalue weighted by Gasteiger charge is 2.26. The van der Waals surface area contributed by atoms with Gasteiger partial charge in [0, 0.05) is 32.6 Å². The van der Waals surface area contributed by atoms with Gasteiger partial charge >= 0.3 is 0 Å². The number of sulfonamides is 1. The summed E-state index contributed by atoms with van der Waals surface area (Å²) in [6.07, 6.45) is 1.44. The van der Waals surface area contributed by atoms with Crippen LogP contribution in [0.3, 0.4) is 0 Å². The van der Waals surface area contributed by atoms with Crippen LogP contribution >= 0.6 is 0 Å². The molecule has 1 N–H and O–H groups in total. The van der Waals surface area contributed by atoms with Gasteiger partial charge in [-0.3, -0.25) is 13.9 Å². The van der Waals surface area contributed by atoms with Gasteiger partial charge in [-0.1, -0.05) is 12.1 Å². The van der Waals surface area contributed by atoms with Crippen molar-refractivity contribution in [2.45, 2.75) is 32.4 Å². The summed E-state index contributed by atoms with van der Waals surface area (Å²) in [5.74, 6) is 1.14. The summed E-state index contributed by atoms with van der Waals surface area (Å²) in [5, 5.41) is 2.58. The molecule has 0 saturated heterocycles. The zero-order chi connectivity index (χ0) is 26.3. The highest BCUT2D eigenvalue weighted by atomic mass is 32.2. The van der Waals surface area contributed by atoms with Gasteiger partial charge in [0.2, 0.25) is 21.8 Å². The fraction of sp³-hybridized carbons (Fsp3) is 0.440. The normalized spacial score (nSPS) is 13.4. The summed E-state index contributed by atoms with van der Waals surface area (Å²) in [4.78, 5) is 27.1. The van der Waals surface area contributed by atoms with E-state index in [2.05, 4.69) is 5.32 Å². The van der Waals surface area contributed by atoms with E-state index in [0.717, 1.165) is 11.8 Å². The van der Waals surface area contributed by atoms with Crippen LogP contribution < -0.4 is 23.8 Å². The van der Waals surface area contributed by atoms with Crippen molar-refractivity contribution >= 4 is 27.5 Å². The van der Waals surface area contributed by atoms with Crippen LogP contribution in [0.4, 0.5) is 5.69 Å². The Morgan fingerprint density at radius 1 is 1.11 bits per heavy atom. The summed E-state index contributed by atoms with van der Waals surface area (Å²) in [7, 11) is -0.540. The second kappa shape index (κ2) is 12.0. The Labute approximate surface area is 212 Å². The lowest BCUT2D eigenvalue weighted by atomic mass is 10.1. The molecule has 1 aliphatic heterocycles. The summed E-state index contributed by atoms with van der Waals surface area (Å²) in [6.45, 7) is 2.78. The van der Waals surface area contributed by atoms with E-state index < -0.39 is 16.1 Å². The van der Waals surface area contributed by atoms with Gasteiger partial charge in [0.1, 0.15) is 25.0 Å². The van der Waals surface area contributed by atoms with Gasteiger partial charge in [-0.05, 0) is 43.2 Å². The summed E-state index contributed by atoms with van der Waals surface area (Å²) in [6, 6.07) is 11.5. The Bertz CT molecular complexity index is 1190. The van der Waals surface area contributed by atoms with Crippen LogP contribution in [0.5, 0.6) is 17.2 Å². The van der Waals surface area contributed by atoms with Crippen LogP contribution in [-0.4, -0.2) is 71.3 Å². The number of fused-ring (bicyclic) bond motifs is 1. The second-order valence-corrected chi connectivity index (χ2v) is 10.3. The number of methoxy groups -OCH3 is 1. The number of carbonyl (C=O) groups excluding carboxylic acids is 2. The lowest BCUT2D eigenvalue weighted by Crippen LogP contribution is -2.46. The van der Waals surface area contributed by atoms with Gasteiger partial charge in [-0.2, -0.15) is 0 Å². The number of hydrogen-bond acceptors (Lipinski definition) is 7. The van der Waals surface area contributed by atoms with Gasteiger partial charge in [-0.25, -0.2) is 8.42 Å². The van der Waals surface area contributed by atoms with Crippen LogP contribution in [0.25, 0.3) is 0 Å². The van der Waals surface area contributed by atoms with Crippen molar-refractivity contribution in [2.24, 2.45) is 0 Å². The molecule has 0 spiro atoms. The number of hydrogen-bond donors (Lipinski definition) is 1. The molecule has 2 aromatic rings. The van der Waals surface area contributed by atoms with Crippen molar-refractivity contribution < 1.29 is 32.2 Å². The monoisotopic (exact) mass is 519 g/mol. The van der Waals surface area contributed by atoms with Crippen LogP contribution in [0.2, 0.25) is 0 Å². The highest BCUT2D eigenvalue weighted by molar-refractivity contribution is 7.92. The van der Waals surface area contributed by atoms with E-state index in [1.807, 2.05) is 18.2 Å². The molecule has 0 unspecified atom stereocenters. The van der Waals surface area contributed by atoms with E-state index in [9.17, 15) is 18.0 Å². The summed E-state index contributed by atoms with van der Waals surface area (Å²) >= 11 is 0. The minimum absolute atomic E-state index is 0.0574. The quantitative estimate of drug-likeness (QED) is 0.484. The van der Waals surface area contributed by atoms with E-state index >= 15 is 0 Å². The highest BCUT2D eigenvalue weighted by Crippen LogP contribution is 2.34. The fourth-order valence-electron chi connectivity index (χ4n) is 3.95. The third kappa shape index (κ3) is 6.81. The second-order valence-electron chi connectivity index (χ2n) is 8.43. The number of likely N-dealkylation sites (N-methyl/N-ethyl adjacent to an activating group) is 1. The molecule has 3 rings (SSSR count). The van der Waals surface area contributed by atoms with Crippen molar-refractivity contribution in [3.8, 4) is 17.2 Å². The number of ether oxygens (including phenoxy) is 3. The zero-order valence-corrected chi connectivity index (χ0v) is 21.8. The SMILES string of the molecule is CNC(=O)[C@@H](C)N(Cc1cccc(OC)c1)C(=O)CCCN(c1ccc2c(c1)OCCO2)S(C)(=O)=O. The number of nitrogens with one attached hydrogen (secondary N) is 1. The molecule has 11 heteroatoms. The fourth-order valence-corrected chi connectivity index (χ4v) is 4.91. The third-order valence-corrected chi connectivity index (χ3v) is 7.06. The molecule has 1 heterocycles. The number of rotatable bonds is 11. The minimum Gasteiger partial charge on any atom is -0.497 e. The Balaban J connectivity index is 1.73. The average molecular weight is 520 g/mol. The number of anilines is 1. The Hall–Kier alpha value is -3.47. The molecule has 1 atom stereocenters. The van der Waals surface area contributed by atoms with Gasteiger partial charge in [-0.15, -0.1) is 0 Å². The van der Waals surface area contributed by atoms with E-state index in [1.165, 1.54) is 16.3 Å². The molecule has 0 aliphatic carbocycles. The van der Waals surface area contributed by atoms with Gasteiger partial charge in [0.05, 0.1) is 19.1 Å². The smallest absolute Gasteiger partial charge is 0.242 e. The minimum atomic E-state index is -3.62.